The zero-order valence-electron chi connectivity index (χ0n) is 13.8. The molecule has 23 heavy (non-hydrogen) atoms. The van der Waals surface area contributed by atoms with Gasteiger partial charge in [-0.05, 0) is 25.0 Å². The summed E-state index contributed by atoms with van der Waals surface area (Å²) in [5, 5.41) is 10.2. The number of benzene rings is 1. The first-order valence-corrected chi connectivity index (χ1v) is 8.54. The van der Waals surface area contributed by atoms with Gasteiger partial charge in [0.15, 0.2) is 0 Å². The summed E-state index contributed by atoms with van der Waals surface area (Å²) in [5.74, 6) is 1.98. The van der Waals surface area contributed by atoms with E-state index < -0.39 is 0 Å². The van der Waals surface area contributed by atoms with Crippen LogP contribution in [0.15, 0.2) is 24.3 Å². The molecule has 3 atom stereocenters. The lowest BCUT2D eigenvalue weighted by Crippen LogP contribution is -2.52. The van der Waals surface area contributed by atoms with E-state index in [1.54, 1.807) is 7.11 Å². The number of ether oxygens (including phenoxy) is 3. The summed E-state index contributed by atoms with van der Waals surface area (Å²) < 4.78 is 16.7. The summed E-state index contributed by atoms with van der Waals surface area (Å²) in [7, 11) is 1.66. The number of nitrogens with zero attached hydrogens (tertiary/aromatic N) is 1. The lowest BCUT2D eigenvalue weighted by atomic mass is 9.94. The van der Waals surface area contributed by atoms with Gasteiger partial charge in [-0.2, -0.15) is 0 Å². The highest BCUT2D eigenvalue weighted by atomic mass is 16.5. The number of rotatable bonds is 6. The van der Waals surface area contributed by atoms with Gasteiger partial charge >= 0.3 is 0 Å². The standard InChI is InChI=1S/C18H27NO4/c1-21-14-4-2-5-15(12-14)23-11-9-19-8-10-22-13-17(19)16-6-3-7-18(16)20/h2,4-5,12,16-18,20H,3,6-11,13H2,1H3/t16-,17-,18+/m1/s1. The van der Waals surface area contributed by atoms with Gasteiger partial charge < -0.3 is 19.3 Å². The van der Waals surface area contributed by atoms with E-state index in [0.29, 0.717) is 18.6 Å². The van der Waals surface area contributed by atoms with Crippen molar-refractivity contribution in [3.8, 4) is 11.5 Å². The van der Waals surface area contributed by atoms with Crippen LogP contribution in [0.3, 0.4) is 0 Å². The van der Waals surface area contributed by atoms with Crippen LogP contribution in [0.2, 0.25) is 0 Å². The lowest BCUT2D eigenvalue weighted by molar-refractivity contribution is -0.0532. The van der Waals surface area contributed by atoms with Crippen LogP contribution in [-0.2, 0) is 4.74 Å². The fourth-order valence-electron chi connectivity index (χ4n) is 3.72. The quantitative estimate of drug-likeness (QED) is 0.868. The van der Waals surface area contributed by atoms with Gasteiger partial charge in [0, 0.05) is 31.1 Å². The number of aliphatic hydroxyl groups excluding tert-OH is 1. The van der Waals surface area contributed by atoms with E-state index in [2.05, 4.69) is 4.90 Å². The lowest BCUT2D eigenvalue weighted by Gasteiger charge is -2.40. The maximum Gasteiger partial charge on any atom is 0.123 e. The number of methoxy groups -OCH3 is 1. The molecule has 3 rings (SSSR count). The Bertz CT molecular complexity index is 496. The second-order valence-corrected chi connectivity index (χ2v) is 6.37. The molecule has 5 heteroatoms. The minimum atomic E-state index is -0.177. The molecule has 0 aromatic heterocycles. The van der Waals surface area contributed by atoms with Crippen molar-refractivity contribution in [3.05, 3.63) is 24.3 Å². The van der Waals surface area contributed by atoms with E-state index in [9.17, 15) is 5.11 Å². The molecule has 128 valence electrons. The maximum absolute atomic E-state index is 10.2. The minimum Gasteiger partial charge on any atom is -0.497 e. The molecule has 1 aromatic carbocycles. The van der Waals surface area contributed by atoms with E-state index in [1.165, 1.54) is 0 Å². The molecule has 1 heterocycles. The molecule has 0 unspecified atom stereocenters. The van der Waals surface area contributed by atoms with Gasteiger partial charge in [0.05, 0.1) is 26.4 Å². The molecule has 1 N–H and O–H groups in total. The predicted molar refractivity (Wildman–Crippen MR) is 88.0 cm³/mol. The third kappa shape index (κ3) is 4.16. The zero-order chi connectivity index (χ0) is 16.1. The highest BCUT2D eigenvalue weighted by Crippen LogP contribution is 2.32. The Balaban J connectivity index is 1.53. The van der Waals surface area contributed by atoms with Crippen LogP contribution in [0.4, 0.5) is 0 Å². The van der Waals surface area contributed by atoms with Gasteiger partial charge in [-0.1, -0.05) is 12.5 Å². The van der Waals surface area contributed by atoms with Crippen molar-refractivity contribution in [2.75, 3.05) is 40.0 Å². The number of hydrogen-bond donors (Lipinski definition) is 1. The molecule has 1 aliphatic heterocycles. The van der Waals surface area contributed by atoms with Crippen molar-refractivity contribution in [2.24, 2.45) is 5.92 Å². The molecule has 0 amide bonds. The van der Waals surface area contributed by atoms with Crippen molar-refractivity contribution >= 4 is 0 Å². The SMILES string of the molecule is COc1cccc(OCCN2CCOC[C@@H]2[C@H]2CCC[C@@H]2O)c1. The minimum absolute atomic E-state index is 0.177. The van der Waals surface area contributed by atoms with Gasteiger partial charge in [-0.25, -0.2) is 0 Å². The normalized spacial score (nSPS) is 28.7. The van der Waals surface area contributed by atoms with Crippen LogP contribution < -0.4 is 9.47 Å². The first kappa shape index (κ1) is 16.6. The number of morpholine rings is 1. The smallest absolute Gasteiger partial charge is 0.123 e. The van der Waals surface area contributed by atoms with Crippen molar-refractivity contribution in [3.63, 3.8) is 0 Å². The summed E-state index contributed by atoms with van der Waals surface area (Å²) >= 11 is 0. The molecule has 2 fully saturated rings. The molecule has 2 aliphatic rings. The van der Waals surface area contributed by atoms with Crippen molar-refractivity contribution < 1.29 is 19.3 Å². The van der Waals surface area contributed by atoms with Gasteiger partial charge in [0.1, 0.15) is 18.1 Å². The number of hydrogen-bond acceptors (Lipinski definition) is 5. The summed E-state index contributed by atoms with van der Waals surface area (Å²) in [4.78, 5) is 2.42. The Kier molecular flexibility index (Phi) is 5.75. The molecule has 1 aliphatic carbocycles. The van der Waals surface area contributed by atoms with Crippen LogP contribution in [-0.4, -0.2) is 62.2 Å². The predicted octanol–water partition coefficient (Wildman–Crippen LogP) is 1.94. The van der Waals surface area contributed by atoms with Crippen molar-refractivity contribution in [2.45, 2.75) is 31.4 Å². The number of aliphatic hydroxyl groups is 1. The molecular formula is C18H27NO4. The second kappa shape index (κ2) is 7.99. The van der Waals surface area contributed by atoms with Crippen molar-refractivity contribution in [1.82, 2.24) is 4.90 Å². The molecule has 1 aromatic rings. The highest BCUT2D eigenvalue weighted by Gasteiger charge is 2.37. The Labute approximate surface area is 138 Å². The first-order chi connectivity index (χ1) is 11.3. The molecule has 1 saturated heterocycles. The van der Waals surface area contributed by atoms with Crippen molar-refractivity contribution in [1.29, 1.82) is 0 Å². The van der Waals surface area contributed by atoms with Gasteiger partial charge in [-0.3, -0.25) is 4.90 Å². The average molecular weight is 321 g/mol. The molecule has 0 radical (unpaired) electrons. The van der Waals surface area contributed by atoms with Crippen LogP contribution in [0.25, 0.3) is 0 Å². The van der Waals surface area contributed by atoms with E-state index in [4.69, 9.17) is 14.2 Å². The molecule has 0 spiro atoms. The fraction of sp³-hybridized carbons (Fsp3) is 0.667. The van der Waals surface area contributed by atoms with Crippen LogP contribution in [0.1, 0.15) is 19.3 Å². The Morgan fingerprint density at radius 1 is 1.30 bits per heavy atom. The summed E-state index contributed by atoms with van der Waals surface area (Å²) in [6.45, 7) is 3.88. The van der Waals surface area contributed by atoms with Gasteiger partial charge in [-0.15, -0.1) is 0 Å². The summed E-state index contributed by atoms with van der Waals surface area (Å²) in [6, 6.07) is 8.00. The topological polar surface area (TPSA) is 51.2 Å². The summed E-state index contributed by atoms with van der Waals surface area (Å²) in [5.41, 5.74) is 0. The van der Waals surface area contributed by atoms with Gasteiger partial charge in [0.25, 0.3) is 0 Å². The Morgan fingerprint density at radius 2 is 2.17 bits per heavy atom. The van der Waals surface area contributed by atoms with E-state index >= 15 is 0 Å². The molecule has 5 nitrogen and oxygen atoms in total. The van der Waals surface area contributed by atoms with E-state index in [-0.39, 0.29) is 6.10 Å². The van der Waals surface area contributed by atoms with Crippen LogP contribution in [0.5, 0.6) is 11.5 Å². The van der Waals surface area contributed by atoms with Crippen LogP contribution in [0, 0.1) is 5.92 Å². The molecule has 0 bridgehead atoms. The molecule has 1 saturated carbocycles. The summed E-state index contributed by atoms with van der Waals surface area (Å²) in [6.07, 6.45) is 2.97. The third-order valence-electron chi connectivity index (χ3n) is 4.99. The largest absolute Gasteiger partial charge is 0.497 e. The zero-order valence-corrected chi connectivity index (χ0v) is 13.8. The fourth-order valence-corrected chi connectivity index (χ4v) is 3.72. The monoisotopic (exact) mass is 321 g/mol. The Morgan fingerprint density at radius 3 is 2.96 bits per heavy atom. The Hall–Kier alpha value is -1.30. The second-order valence-electron chi connectivity index (χ2n) is 6.37. The first-order valence-electron chi connectivity index (χ1n) is 8.54. The highest BCUT2D eigenvalue weighted by molar-refractivity contribution is 5.32. The average Bonchev–Trinajstić information content (AvgIpc) is 3.01. The third-order valence-corrected chi connectivity index (χ3v) is 4.99. The van der Waals surface area contributed by atoms with E-state index in [0.717, 1.165) is 57.1 Å². The molecular weight excluding hydrogens is 294 g/mol. The van der Waals surface area contributed by atoms with E-state index in [1.807, 2.05) is 24.3 Å². The van der Waals surface area contributed by atoms with Gasteiger partial charge in [0.2, 0.25) is 0 Å². The van der Waals surface area contributed by atoms with Crippen LogP contribution >= 0.6 is 0 Å². The maximum atomic E-state index is 10.2.